The quantitative estimate of drug-likeness (QED) is 0.861. The monoisotopic (exact) mass is 313 g/mol. The van der Waals surface area contributed by atoms with Crippen LogP contribution < -0.4 is 15.4 Å². The minimum Gasteiger partial charge on any atom is -0.497 e. The first kappa shape index (κ1) is 16.8. The normalized spacial score (nSPS) is 11.8. The molecule has 0 aliphatic heterocycles. The topological polar surface area (TPSA) is 53.6 Å². The number of ether oxygens (including phenoxy) is 1. The zero-order chi connectivity index (χ0) is 16.7. The second kappa shape index (κ2) is 8.19. The Morgan fingerprint density at radius 2 is 1.87 bits per heavy atom. The number of benzene rings is 2. The van der Waals surface area contributed by atoms with Crippen molar-refractivity contribution in [3.8, 4) is 5.75 Å². The van der Waals surface area contributed by atoms with Gasteiger partial charge in [-0.2, -0.15) is 0 Å². The van der Waals surface area contributed by atoms with Crippen molar-refractivity contribution >= 4 is 11.7 Å². The molecular weight excluding hydrogens is 290 g/mol. The molecule has 0 fully saturated rings. The van der Waals surface area contributed by atoms with E-state index in [1.807, 2.05) is 50.5 Å². The lowest BCUT2D eigenvalue weighted by Gasteiger charge is -2.25. The van der Waals surface area contributed by atoms with Crippen LogP contribution in [0.5, 0.6) is 5.75 Å². The minimum absolute atomic E-state index is 0.118. The molecule has 1 atom stereocenters. The Morgan fingerprint density at radius 3 is 2.52 bits per heavy atom. The van der Waals surface area contributed by atoms with Gasteiger partial charge >= 0.3 is 6.03 Å². The highest BCUT2D eigenvalue weighted by Gasteiger charge is 2.14. The number of carbonyl (C=O) groups excluding carboxylic acids is 1. The average molecular weight is 313 g/mol. The van der Waals surface area contributed by atoms with Gasteiger partial charge in [-0.05, 0) is 31.8 Å². The van der Waals surface area contributed by atoms with Gasteiger partial charge < -0.3 is 20.3 Å². The van der Waals surface area contributed by atoms with E-state index in [9.17, 15) is 4.79 Å². The van der Waals surface area contributed by atoms with Gasteiger partial charge in [-0.3, -0.25) is 0 Å². The zero-order valence-corrected chi connectivity index (χ0v) is 13.7. The Hall–Kier alpha value is -2.53. The van der Waals surface area contributed by atoms with Gasteiger partial charge in [0.2, 0.25) is 0 Å². The highest BCUT2D eigenvalue weighted by atomic mass is 16.5. The number of urea groups is 1. The van der Waals surface area contributed by atoms with E-state index >= 15 is 0 Å². The lowest BCUT2D eigenvalue weighted by Crippen LogP contribution is -2.36. The predicted octanol–water partition coefficient (Wildman–Crippen LogP) is 3.12. The number of nitrogens with zero attached hydrogens (tertiary/aromatic N) is 1. The van der Waals surface area contributed by atoms with Gasteiger partial charge in [0.1, 0.15) is 5.75 Å². The van der Waals surface area contributed by atoms with Crippen molar-refractivity contribution in [3.05, 3.63) is 60.2 Å². The van der Waals surface area contributed by atoms with Crippen LogP contribution in [0, 0.1) is 0 Å². The number of amides is 2. The van der Waals surface area contributed by atoms with E-state index in [1.54, 1.807) is 13.2 Å². The molecule has 0 aliphatic rings. The minimum atomic E-state index is -0.235. The third-order valence-corrected chi connectivity index (χ3v) is 3.59. The van der Waals surface area contributed by atoms with Crippen LogP contribution in [0.2, 0.25) is 0 Å². The number of anilines is 1. The van der Waals surface area contributed by atoms with Gasteiger partial charge in [0.05, 0.1) is 13.2 Å². The van der Waals surface area contributed by atoms with Gasteiger partial charge in [0.15, 0.2) is 0 Å². The molecule has 0 bridgehead atoms. The smallest absolute Gasteiger partial charge is 0.319 e. The number of methoxy groups -OCH3 is 1. The highest BCUT2D eigenvalue weighted by molar-refractivity contribution is 5.89. The molecule has 0 aromatic heterocycles. The summed E-state index contributed by atoms with van der Waals surface area (Å²) >= 11 is 0. The van der Waals surface area contributed by atoms with Gasteiger partial charge in [-0.25, -0.2) is 4.79 Å². The maximum atomic E-state index is 12.1. The lowest BCUT2D eigenvalue weighted by molar-refractivity contribution is 0.243. The summed E-state index contributed by atoms with van der Waals surface area (Å²) in [6, 6.07) is 17.3. The molecule has 0 radical (unpaired) electrons. The summed E-state index contributed by atoms with van der Waals surface area (Å²) in [6.07, 6.45) is 0. The molecule has 2 N–H and O–H groups in total. The van der Waals surface area contributed by atoms with Crippen molar-refractivity contribution in [2.45, 2.75) is 6.04 Å². The SMILES string of the molecule is COc1cccc(NC(=O)NCC(c2ccccc2)N(C)C)c1. The number of hydrogen-bond donors (Lipinski definition) is 2. The van der Waals surface area contributed by atoms with E-state index in [0.29, 0.717) is 18.0 Å². The summed E-state index contributed by atoms with van der Waals surface area (Å²) in [5.41, 5.74) is 1.86. The molecule has 23 heavy (non-hydrogen) atoms. The third kappa shape index (κ3) is 5.00. The maximum Gasteiger partial charge on any atom is 0.319 e. The Morgan fingerprint density at radius 1 is 1.13 bits per heavy atom. The number of nitrogens with one attached hydrogen (secondary N) is 2. The molecule has 0 spiro atoms. The molecule has 0 aliphatic carbocycles. The lowest BCUT2D eigenvalue weighted by atomic mass is 10.1. The van der Waals surface area contributed by atoms with Gasteiger partial charge in [0.25, 0.3) is 0 Å². The molecule has 5 nitrogen and oxygen atoms in total. The number of carbonyl (C=O) groups is 1. The Balaban J connectivity index is 1.94. The number of rotatable bonds is 6. The summed E-state index contributed by atoms with van der Waals surface area (Å²) in [7, 11) is 5.60. The number of hydrogen-bond acceptors (Lipinski definition) is 3. The molecule has 0 saturated heterocycles. The standard InChI is InChI=1S/C18H23N3O2/c1-21(2)17(14-8-5-4-6-9-14)13-19-18(22)20-15-10-7-11-16(12-15)23-3/h4-12,17H,13H2,1-3H3,(H2,19,20,22). The Kier molecular flexibility index (Phi) is 6.00. The predicted molar refractivity (Wildman–Crippen MR) is 92.9 cm³/mol. The molecule has 0 heterocycles. The van der Waals surface area contributed by atoms with E-state index in [2.05, 4.69) is 27.7 Å². The summed E-state index contributed by atoms with van der Waals surface area (Å²) in [5.74, 6) is 0.707. The van der Waals surface area contributed by atoms with Crippen LogP contribution in [-0.4, -0.2) is 38.7 Å². The van der Waals surface area contributed by atoms with Crippen LogP contribution >= 0.6 is 0 Å². The van der Waals surface area contributed by atoms with Crippen molar-refractivity contribution < 1.29 is 9.53 Å². The fraction of sp³-hybridized carbons (Fsp3) is 0.278. The molecule has 2 aromatic carbocycles. The van der Waals surface area contributed by atoms with Crippen LogP contribution in [0.1, 0.15) is 11.6 Å². The first-order valence-corrected chi connectivity index (χ1v) is 7.50. The van der Waals surface area contributed by atoms with Crippen LogP contribution in [0.25, 0.3) is 0 Å². The van der Waals surface area contributed by atoms with Crippen molar-refractivity contribution in [1.82, 2.24) is 10.2 Å². The third-order valence-electron chi connectivity index (χ3n) is 3.59. The summed E-state index contributed by atoms with van der Waals surface area (Å²) in [4.78, 5) is 14.2. The van der Waals surface area contributed by atoms with Crippen molar-refractivity contribution in [1.29, 1.82) is 0 Å². The van der Waals surface area contributed by atoms with Crippen LogP contribution in [0.4, 0.5) is 10.5 Å². The second-order valence-electron chi connectivity index (χ2n) is 5.46. The van der Waals surface area contributed by atoms with E-state index in [4.69, 9.17) is 4.74 Å². The molecule has 2 amide bonds. The van der Waals surface area contributed by atoms with Gasteiger partial charge in [0, 0.05) is 18.3 Å². The molecule has 5 heteroatoms. The second-order valence-corrected chi connectivity index (χ2v) is 5.46. The fourth-order valence-electron chi connectivity index (χ4n) is 2.34. The van der Waals surface area contributed by atoms with E-state index in [-0.39, 0.29) is 12.1 Å². The highest BCUT2D eigenvalue weighted by Crippen LogP contribution is 2.18. The van der Waals surface area contributed by atoms with Crippen LogP contribution in [-0.2, 0) is 0 Å². The van der Waals surface area contributed by atoms with Crippen molar-refractivity contribution in [2.75, 3.05) is 33.1 Å². The molecule has 1 unspecified atom stereocenters. The Bertz CT molecular complexity index is 629. The van der Waals surface area contributed by atoms with E-state index in [0.717, 1.165) is 0 Å². The maximum absolute atomic E-state index is 12.1. The molecule has 0 saturated carbocycles. The molecule has 2 rings (SSSR count). The fourth-order valence-corrected chi connectivity index (χ4v) is 2.34. The summed E-state index contributed by atoms with van der Waals surface area (Å²) < 4.78 is 5.15. The molecule has 2 aromatic rings. The van der Waals surface area contributed by atoms with Gasteiger partial charge in [-0.15, -0.1) is 0 Å². The Labute approximate surface area is 137 Å². The van der Waals surface area contributed by atoms with Crippen molar-refractivity contribution in [2.24, 2.45) is 0 Å². The average Bonchev–Trinajstić information content (AvgIpc) is 2.56. The summed E-state index contributed by atoms with van der Waals surface area (Å²) in [5, 5.41) is 5.73. The van der Waals surface area contributed by atoms with E-state index in [1.165, 1.54) is 5.56 Å². The van der Waals surface area contributed by atoms with Crippen LogP contribution in [0.3, 0.4) is 0 Å². The first-order valence-electron chi connectivity index (χ1n) is 7.50. The van der Waals surface area contributed by atoms with Crippen molar-refractivity contribution in [3.63, 3.8) is 0 Å². The molecule has 122 valence electrons. The largest absolute Gasteiger partial charge is 0.497 e. The zero-order valence-electron chi connectivity index (χ0n) is 13.7. The van der Waals surface area contributed by atoms with Crippen LogP contribution in [0.15, 0.2) is 54.6 Å². The first-order chi connectivity index (χ1) is 11.1. The molecular formula is C18H23N3O2. The summed E-state index contributed by atoms with van der Waals surface area (Å²) in [6.45, 7) is 0.521. The van der Waals surface area contributed by atoms with Gasteiger partial charge in [-0.1, -0.05) is 36.4 Å². The number of likely N-dealkylation sites (N-methyl/N-ethyl adjacent to an activating group) is 1. The van der Waals surface area contributed by atoms with E-state index < -0.39 is 0 Å².